The van der Waals surface area contributed by atoms with Gasteiger partial charge in [0.15, 0.2) is 0 Å². The van der Waals surface area contributed by atoms with E-state index in [4.69, 9.17) is 14.3 Å². The number of nitrogens with zero attached hydrogens (tertiary/aromatic N) is 2. The Hall–Kier alpha value is -2.90. The van der Waals surface area contributed by atoms with Crippen LogP contribution in [0, 0.1) is 10.1 Å². The molecule has 2 rings (SSSR count). The number of rotatable bonds is 5. The maximum absolute atomic E-state index is 11.0. The number of benzene rings is 1. The number of aromatic nitrogens is 1. The van der Waals surface area contributed by atoms with Crippen molar-refractivity contribution in [1.82, 2.24) is 4.98 Å². The molecule has 1 aromatic carbocycles. The fourth-order valence-electron chi connectivity index (χ4n) is 1.55. The highest BCUT2D eigenvalue weighted by atomic mass is 16.6. The molecule has 1 aromatic heterocycles. The molecule has 0 spiro atoms. The molecular formula is C12H10N2O6. The third-order valence-corrected chi connectivity index (χ3v) is 2.38. The Balaban J connectivity index is 2.47. The molecule has 0 saturated carbocycles. The summed E-state index contributed by atoms with van der Waals surface area (Å²) < 4.78 is 10.2. The number of aromatic carboxylic acids is 1. The summed E-state index contributed by atoms with van der Waals surface area (Å²) in [6, 6.07) is 5.54. The first-order chi connectivity index (χ1) is 9.52. The van der Waals surface area contributed by atoms with Crippen molar-refractivity contribution in [2.24, 2.45) is 0 Å². The van der Waals surface area contributed by atoms with E-state index in [-0.39, 0.29) is 29.8 Å². The Kier molecular flexibility index (Phi) is 3.65. The predicted octanol–water partition coefficient (Wildman–Crippen LogP) is 2.35. The van der Waals surface area contributed by atoms with E-state index in [1.165, 1.54) is 24.3 Å². The van der Waals surface area contributed by atoms with Gasteiger partial charge < -0.3 is 14.3 Å². The first kappa shape index (κ1) is 13.5. The summed E-state index contributed by atoms with van der Waals surface area (Å²) in [6.45, 7) is 1.88. The van der Waals surface area contributed by atoms with Crippen molar-refractivity contribution in [2.45, 2.75) is 6.92 Å². The highest BCUT2D eigenvalue weighted by Gasteiger charge is 2.22. The molecule has 0 saturated heterocycles. The number of carbonyl (C=O) groups is 1. The van der Waals surface area contributed by atoms with Crippen LogP contribution in [0.15, 0.2) is 28.7 Å². The summed E-state index contributed by atoms with van der Waals surface area (Å²) in [4.78, 5) is 24.9. The van der Waals surface area contributed by atoms with Crippen molar-refractivity contribution in [3.8, 4) is 17.4 Å². The normalized spacial score (nSPS) is 10.2. The molecule has 0 radical (unpaired) electrons. The zero-order valence-electron chi connectivity index (χ0n) is 10.4. The lowest BCUT2D eigenvalue weighted by Crippen LogP contribution is -2.01. The summed E-state index contributed by atoms with van der Waals surface area (Å²) in [7, 11) is 0. The number of nitro benzene ring substituents is 1. The largest absolute Gasteiger partial charge is 0.476 e. The maximum atomic E-state index is 11.0. The summed E-state index contributed by atoms with van der Waals surface area (Å²) in [6.07, 6.45) is 0. The second kappa shape index (κ2) is 5.39. The number of hydrogen-bond acceptors (Lipinski definition) is 6. The molecule has 1 N–H and O–H groups in total. The molecule has 0 bridgehead atoms. The third kappa shape index (κ3) is 2.58. The van der Waals surface area contributed by atoms with Gasteiger partial charge in [0.2, 0.25) is 11.6 Å². The van der Waals surface area contributed by atoms with Crippen LogP contribution in [0.3, 0.4) is 0 Å². The zero-order valence-corrected chi connectivity index (χ0v) is 10.4. The van der Waals surface area contributed by atoms with E-state index in [1.54, 1.807) is 6.92 Å². The van der Waals surface area contributed by atoms with E-state index >= 15 is 0 Å². The van der Waals surface area contributed by atoms with Crippen molar-refractivity contribution in [2.75, 3.05) is 6.61 Å². The molecule has 0 unspecified atom stereocenters. The van der Waals surface area contributed by atoms with E-state index in [9.17, 15) is 14.9 Å². The lowest BCUT2D eigenvalue weighted by Gasteiger charge is -1.97. The monoisotopic (exact) mass is 278 g/mol. The molecule has 8 nitrogen and oxygen atoms in total. The van der Waals surface area contributed by atoms with Gasteiger partial charge in [-0.15, -0.1) is 0 Å². The summed E-state index contributed by atoms with van der Waals surface area (Å²) in [5.74, 6) is -1.56. The zero-order chi connectivity index (χ0) is 14.7. The van der Waals surface area contributed by atoms with Crippen LogP contribution in [0.5, 0.6) is 5.95 Å². The first-order valence-corrected chi connectivity index (χ1v) is 5.64. The molecule has 20 heavy (non-hydrogen) atoms. The summed E-state index contributed by atoms with van der Waals surface area (Å²) in [5.41, 5.74) is -0.212. The standard InChI is InChI=1S/C12H10N2O6/c1-2-19-12-9(11(15)16)13-10(20-12)7-4-3-5-8(6-7)14(17)18/h3-6H,2H2,1H3,(H,15,16). The number of non-ortho nitro benzene ring substituents is 1. The topological polar surface area (TPSA) is 116 Å². The Bertz CT molecular complexity index is 664. The predicted molar refractivity (Wildman–Crippen MR) is 66.7 cm³/mol. The Morgan fingerprint density at radius 3 is 2.90 bits per heavy atom. The highest BCUT2D eigenvalue weighted by molar-refractivity contribution is 5.88. The van der Waals surface area contributed by atoms with Crippen LogP contribution in [0.25, 0.3) is 11.5 Å². The average molecular weight is 278 g/mol. The first-order valence-electron chi connectivity index (χ1n) is 5.64. The number of carboxylic acid groups (broad SMARTS) is 1. The minimum absolute atomic E-state index is 0.0467. The Morgan fingerprint density at radius 1 is 1.55 bits per heavy atom. The van der Waals surface area contributed by atoms with Crippen molar-refractivity contribution in [3.05, 3.63) is 40.1 Å². The SMILES string of the molecule is CCOc1oc(-c2cccc([N+](=O)[O-])c2)nc1C(=O)O. The molecule has 0 aliphatic rings. The second-order valence-electron chi connectivity index (χ2n) is 3.70. The second-order valence-corrected chi connectivity index (χ2v) is 3.70. The quantitative estimate of drug-likeness (QED) is 0.659. The number of hydrogen-bond donors (Lipinski definition) is 1. The maximum Gasteiger partial charge on any atom is 0.362 e. The van der Waals surface area contributed by atoms with E-state index in [2.05, 4.69) is 4.98 Å². The Labute approximate surface area is 112 Å². The molecule has 0 fully saturated rings. The molecule has 0 aliphatic heterocycles. The number of carboxylic acids is 1. The molecule has 8 heteroatoms. The molecule has 2 aromatic rings. The van der Waals surface area contributed by atoms with Crippen LogP contribution < -0.4 is 4.74 Å². The number of ether oxygens (including phenoxy) is 1. The van der Waals surface area contributed by atoms with Crippen LogP contribution in [0.2, 0.25) is 0 Å². The van der Waals surface area contributed by atoms with Gasteiger partial charge in [-0.3, -0.25) is 10.1 Å². The van der Waals surface area contributed by atoms with Gasteiger partial charge in [-0.1, -0.05) is 6.07 Å². The fourth-order valence-corrected chi connectivity index (χ4v) is 1.55. The van der Waals surface area contributed by atoms with E-state index in [0.717, 1.165) is 0 Å². The van der Waals surface area contributed by atoms with E-state index < -0.39 is 10.9 Å². The average Bonchev–Trinajstić information content (AvgIpc) is 2.83. The lowest BCUT2D eigenvalue weighted by atomic mass is 10.2. The van der Waals surface area contributed by atoms with Gasteiger partial charge in [-0.25, -0.2) is 4.79 Å². The van der Waals surface area contributed by atoms with Crippen molar-refractivity contribution in [1.29, 1.82) is 0 Å². The molecular weight excluding hydrogens is 268 g/mol. The minimum atomic E-state index is -1.30. The molecule has 0 aliphatic carbocycles. The van der Waals surface area contributed by atoms with Crippen molar-refractivity contribution in [3.63, 3.8) is 0 Å². The van der Waals surface area contributed by atoms with Gasteiger partial charge in [-0.05, 0) is 13.0 Å². The van der Waals surface area contributed by atoms with Gasteiger partial charge >= 0.3 is 11.9 Å². The molecule has 0 atom stereocenters. The van der Waals surface area contributed by atoms with Gasteiger partial charge in [0, 0.05) is 17.7 Å². The molecule has 104 valence electrons. The fraction of sp³-hybridized carbons (Fsp3) is 0.167. The van der Waals surface area contributed by atoms with Gasteiger partial charge in [0.05, 0.1) is 11.5 Å². The van der Waals surface area contributed by atoms with Crippen LogP contribution in [0.4, 0.5) is 5.69 Å². The number of nitro groups is 1. The van der Waals surface area contributed by atoms with Crippen LogP contribution in [-0.2, 0) is 0 Å². The summed E-state index contributed by atoms with van der Waals surface area (Å²) >= 11 is 0. The number of oxazole rings is 1. The van der Waals surface area contributed by atoms with Gasteiger partial charge in [0.25, 0.3) is 5.69 Å². The van der Waals surface area contributed by atoms with Crippen molar-refractivity contribution >= 4 is 11.7 Å². The summed E-state index contributed by atoms with van der Waals surface area (Å²) in [5, 5.41) is 19.7. The van der Waals surface area contributed by atoms with E-state index in [0.29, 0.717) is 5.56 Å². The highest BCUT2D eigenvalue weighted by Crippen LogP contribution is 2.29. The van der Waals surface area contributed by atoms with E-state index in [1.807, 2.05) is 0 Å². The van der Waals surface area contributed by atoms with Crippen molar-refractivity contribution < 1.29 is 24.0 Å². The third-order valence-electron chi connectivity index (χ3n) is 2.38. The lowest BCUT2D eigenvalue weighted by molar-refractivity contribution is -0.384. The molecule has 0 amide bonds. The smallest absolute Gasteiger partial charge is 0.362 e. The van der Waals surface area contributed by atoms with Gasteiger partial charge in [-0.2, -0.15) is 4.98 Å². The Morgan fingerprint density at radius 2 is 2.30 bits per heavy atom. The van der Waals surface area contributed by atoms with Crippen LogP contribution in [-0.4, -0.2) is 27.6 Å². The van der Waals surface area contributed by atoms with Crippen LogP contribution >= 0.6 is 0 Å². The molecule has 1 heterocycles. The minimum Gasteiger partial charge on any atom is -0.476 e. The van der Waals surface area contributed by atoms with Crippen LogP contribution in [0.1, 0.15) is 17.4 Å². The van der Waals surface area contributed by atoms with Gasteiger partial charge in [0.1, 0.15) is 0 Å².